The molecule has 4 saturated carbocycles. The third-order valence-corrected chi connectivity index (χ3v) is 14.3. The number of hydrogen-bond donors (Lipinski definition) is 2. The number of aryl methyl sites for hydroxylation is 1. The van der Waals surface area contributed by atoms with Crippen molar-refractivity contribution in [3.63, 3.8) is 0 Å². The van der Waals surface area contributed by atoms with Crippen molar-refractivity contribution < 1.29 is 19.7 Å². The maximum Gasteiger partial charge on any atom is 0.172 e. The summed E-state index contributed by atoms with van der Waals surface area (Å²) in [5.74, 6) is 1.69. The van der Waals surface area contributed by atoms with Gasteiger partial charge in [0.1, 0.15) is 11.7 Å². The van der Waals surface area contributed by atoms with E-state index in [1.165, 1.54) is 35.4 Å². The Kier molecular flexibility index (Phi) is 5.65. The number of fused-ring (bicyclic) bond motifs is 2. The first-order chi connectivity index (χ1) is 18.6. The van der Waals surface area contributed by atoms with Gasteiger partial charge in [-0.1, -0.05) is 0 Å². The predicted octanol–water partition coefficient (Wildman–Crippen LogP) is 6.59. The van der Waals surface area contributed by atoms with E-state index in [4.69, 9.17) is 9.47 Å². The van der Waals surface area contributed by atoms with E-state index in [0.29, 0.717) is 18.2 Å². The van der Waals surface area contributed by atoms with Gasteiger partial charge in [-0.25, -0.2) is 0 Å². The molecule has 5 aliphatic carbocycles. The first kappa shape index (κ1) is 26.0. The molecule has 0 amide bonds. The third-order valence-electron chi connectivity index (χ3n) is 12.0. The van der Waals surface area contributed by atoms with Crippen LogP contribution in [-0.2, 0) is 23.0 Å². The summed E-state index contributed by atoms with van der Waals surface area (Å²) in [5, 5.41) is 23.6. The van der Waals surface area contributed by atoms with Crippen LogP contribution >= 0.6 is 43.2 Å². The highest BCUT2D eigenvalue weighted by Crippen LogP contribution is 2.78. The maximum atomic E-state index is 12.4. The highest BCUT2D eigenvalue weighted by atomic mass is 79.9. The Morgan fingerprint density at radius 1 is 1.23 bits per heavy atom. The van der Waals surface area contributed by atoms with Gasteiger partial charge in [-0.3, -0.25) is 4.90 Å². The molecule has 3 heterocycles. The second-order valence-electron chi connectivity index (χ2n) is 13.6. The number of nitrogens with zero attached hydrogens (tertiary/aromatic N) is 1. The first-order valence-corrected chi connectivity index (χ1v) is 17.0. The fourth-order valence-electron chi connectivity index (χ4n) is 10.2. The number of aliphatic hydroxyl groups is 1. The highest BCUT2D eigenvalue weighted by Gasteiger charge is 2.82. The van der Waals surface area contributed by atoms with E-state index >= 15 is 0 Å². The Morgan fingerprint density at radius 2 is 2.05 bits per heavy atom. The number of methoxy groups -OCH3 is 1. The van der Waals surface area contributed by atoms with Crippen LogP contribution in [0.5, 0.6) is 11.5 Å². The van der Waals surface area contributed by atoms with E-state index in [0.717, 1.165) is 59.2 Å². The molecule has 7 aliphatic rings. The topological polar surface area (TPSA) is 62.2 Å². The van der Waals surface area contributed by atoms with Gasteiger partial charge in [0.15, 0.2) is 11.5 Å². The van der Waals surface area contributed by atoms with Crippen LogP contribution in [-0.4, -0.2) is 58.7 Å². The molecule has 1 aromatic heterocycles. The Labute approximate surface area is 251 Å². The molecule has 39 heavy (non-hydrogen) atoms. The molecule has 2 N–H and O–H groups in total. The minimum absolute atomic E-state index is 0.00419. The second-order valence-corrected chi connectivity index (χ2v) is 17.0. The Morgan fingerprint density at radius 3 is 2.77 bits per heavy atom. The highest BCUT2D eigenvalue weighted by molar-refractivity contribution is 9.11. The average molecular weight is 680 g/mol. The molecular weight excluding hydrogens is 642 g/mol. The molecule has 2 spiro atoms. The van der Waals surface area contributed by atoms with E-state index in [9.17, 15) is 10.2 Å². The number of aromatic hydroxyl groups is 1. The van der Waals surface area contributed by atoms with Crippen molar-refractivity contribution >= 4 is 43.2 Å². The quantitative estimate of drug-likeness (QED) is 0.346. The van der Waals surface area contributed by atoms with E-state index < -0.39 is 11.2 Å². The zero-order chi connectivity index (χ0) is 26.9. The first-order valence-electron chi connectivity index (χ1n) is 14.6. The van der Waals surface area contributed by atoms with Crippen LogP contribution in [0, 0.1) is 17.3 Å². The summed E-state index contributed by atoms with van der Waals surface area (Å²) in [7, 11) is 1.83. The fourth-order valence-corrected chi connectivity index (χ4v) is 12.1. The van der Waals surface area contributed by atoms with E-state index in [1.54, 1.807) is 11.3 Å². The van der Waals surface area contributed by atoms with Gasteiger partial charge >= 0.3 is 0 Å². The lowest BCUT2D eigenvalue weighted by atomic mass is 9.33. The van der Waals surface area contributed by atoms with Gasteiger partial charge in [-0.15, -0.1) is 11.3 Å². The van der Waals surface area contributed by atoms with E-state index in [-0.39, 0.29) is 28.6 Å². The summed E-state index contributed by atoms with van der Waals surface area (Å²) >= 11 is 9.00. The number of piperidine rings is 1. The maximum absolute atomic E-state index is 12.4. The van der Waals surface area contributed by atoms with Crippen LogP contribution < -0.4 is 4.74 Å². The van der Waals surface area contributed by atoms with Crippen LogP contribution in [0.1, 0.15) is 67.9 Å². The summed E-state index contributed by atoms with van der Waals surface area (Å²) in [6, 6.07) is 6.85. The number of phenolic OH excluding ortho intramolecular Hbond substituents is 1. The molecule has 1 aromatic carbocycles. The molecule has 1 saturated heterocycles. The molecule has 5 nitrogen and oxygen atoms in total. The number of phenols is 1. The van der Waals surface area contributed by atoms with Gasteiger partial charge in [0.2, 0.25) is 0 Å². The van der Waals surface area contributed by atoms with Gasteiger partial charge in [0.05, 0.1) is 13.9 Å². The molecular formula is C31H37Br2NO4S. The largest absolute Gasteiger partial charge is 0.503 e. The number of thiophene rings is 1. The van der Waals surface area contributed by atoms with Gasteiger partial charge in [0.25, 0.3) is 0 Å². The van der Waals surface area contributed by atoms with Crippen molar-refractivity contribution in [2.75, 3.05) is 20.2 Å². The summed E-state index contributed by atoms with van der Waals surface area (Å²) in [6.45, 7) is 4.32. The number of rotatable bonds is 7. The molecule has 4 bridgehead atoms. The Bertz CT molecular complexity index is 1360. The van der Waals surface area contributed by atoms with Crippen LogP contribution in [0.4, 0.5) is 0 Å². The number of benzene rings is 1. The lowest BCUT2D eigenvalue weighted by molar-refractivity contribution is -0.302. The van der Waals surface area contributed by atoms with Crippen molar-refractivity contribution in [2.45, 2.75) is 93.5 Å². The monoisotopic (exact) mass is 677 g/mol. The zero-order valence-corrected chi connectivity index (χ0v) is 26.6. The van der Waals surface area contributed by atoms with Crippen LogP contribution in [0.25, 0.3) is 0 Å². The molecule has 5 fully saturated rings. The Balaban J connectivity index is 1.27. The minimum atomic E-state index is -0.905. The van der Waals surface area contributed by atoms with Crippen LogP contribution in [0.15, 0.2) is 26.5 Å². The van der Waals surface area contributed by atoms with E-state index in [1.807, 2.05) is 14.0 Å². The lowest BCUT2D eigenvalue weighted by Gasteiger charge is -2.75. The molecule has 2 aromatic rings. The molecule has 0 unspecified atom stereocenters. The van der Waals surface area contributed by atoms with Crippen molar-refractivity contribution in [2.24, 2.45) is 17.3 Å². The van der Waals surface area contributed by atoms with Gasteiger partial charge < -0.3 is 19.7 Å². The Hall–Kier alpha value is -0.640. The van der Waals surface area contributed by atoms with Crippen molar-refractivity contribution in [1.29, 1.82) is 0 Å². The summed E-state index contributed by atoms with van der Waals surface area (Å²) < 4.78 is 15.5. The summed E-state index contributed by atoms with van der Waals surface area (Å²) in [4.78, 5) is 4.11. The van der Waals surface area contributed by atoms with Crippen molar-refractivity contribution in [1.82, 2.24) is 4.90 Å². The normalized spacial score (nSPS) is 39.4. The summed E-state index contributed by atoms with van der Waals surface area (Å²) in [5.41, 5.74) is 0.911. The summed E-state index contributed by atoms with van der Waals surface area (Å²) in [6.07, 6.45) is 9.00. The van der Waals surface area contributed by atoms with Gasteiger partial charge in [-0.2, -0.15) is 0 Å². The molecule has 7 atom stereocenters. The van der Waals surface area contributed by atoms with Crippen LogP contribution in [0.2, 0.25) is 0 Å². The smallest absolute Gasteiger partial charge is 0.172 e. The number of hydrogen-bond acceptors (Lipinski definition) is 6. The van der Waals surface area contributed by atoms with Gasteiger partial charge in [-0.05, 0) is 133 Å². The second kappa shape index (κ2) is 8.47. The fraction of sp³-hybridized carbons (Fsp3) is 0.677. The van der Waals surface area contributed by atoms with Gasteiger partial charge in [0, 0.05) is 46.9 Å². The zero-order valence-electron chi connectivity index (χ0n) is 22.6. The molecule has 9 rings (SSSR count). The SMILES string of the molecule is CO[C@]12CC[C@@]3(C[C@@H]1[C@@](C)(O)CCc1ccc(Br)s1)[C@H]1Cc4cc(Br)c(O)c5c4[C@@]3(CCN1CC1CC1)[C@H]2O5. The number of halogens is 2. The standard InChI is InChI=1S/C31H37Br2NO4S/c1-28(36,8-7-19-5-6-23(33)39-19)21-15-29-9-10-31(21,37-2)27-30(29)11-12-34(16-17-3-4-17)22(29)14-18-13-20(32)25(35)26(38-27)24(18)30/h5-6,13,17,21-22,27,35-36H,3-4,7-12,14-16H2,1-2H3/t21-,22-,27-,28+,29-,30+,31-/m1/s1. The lowest BCUT2D eigenvalue weighted by Crippen LogP contribution is -2.82. The average Bonchev–Trinajstić information content (AvgIpc) is 3.51. The number of ether oxygens (including phenoxy) is 2. The molecule has 0 radical (unpaired) electrons. The van der Waals surface area contributed by atoms with Crippen molar-refractivity contribution in [3.8, 4) is 11.5 Å². The molecule has 2 aliphatic heterocycles. The van der Waals surface area contributed by atoms with Crippen LogP contribution in [0.3, 0.4) is 0 Å². The molecule has 210 valence electrons. The third kappa shape index (κ3) is 3.28. The van der Waals surface area contributed by atoms with E-state index in [2.05, 4.69) is 55.0 Å². The predicted molar refractivity (Wildman–Crippen MR) is 159 cm³/mol. The number of likely N-dealkylation sites (tertiary alicyclic amines) is 1. The molecule has 8 heteroatoms. The minimum Gasteiger partial charge on any atom is -0.503 e. The van der Waals surface area contributed by atoms with Crippen molar-refractivity contribution in [3.05, 3.63) is 42.5 Å².